The summed E-state index contributed by atoms with van der Waals surface area (Å²) in [5.41, 5.74) is 0. The zero-order valence-electron chi connectivity index (χ0n) is 26.6. The van der Waals surface area contributed by atoms with E-state index in [9.17, 15) is 16.8 Å². The van der Waals surface area contributed by atoms with Crippen molar-refractivity contribution in [2.24, 2.45) is 0 Å². The van der Waals surface area contributed by atoms with Gasteiger partial charge in [-0.05, 0) is 36.3 Å². The maximum absolute atomic E-state index is 12.4. The van der Waals surface area contributed by atoms with Crippen molar-refractivity contribution in [3.05, 3.63) is 25.3 Å². The standard InChI is InChI=1S/C26H54O10S2Si2/c1-15-17-31-23(21(35-37(9,27)28)19-33-39(11,12)25(3,4)5)24(32-18-16-2)22(36-38(10,29)30)20-34-40(13,14)26(6,7)8/h15-16,21-24H,1-2,17-20H2,3-14H3/t21-,22-,23-,24-/m1/s1. The number of rotatable bonds is 19. The molecule has 4 atom stereocenters. The van der Waals surface area contributed by atoms with Gasteiger partial charge in [-0.1, -0.05) is 53.7 Å². The highest BCUT2D eigenvalue weighted by molar-refractivity contribution is 7.86. The monoisotopic (exact) mass is 646 g/mol. The quantitative estimate of drug-likeness (QED) is 0.109. The van der Waals surface area contributed by atoms with Crippen molar-refractivity contribution in [1.82, 2.24) is 0 Å². The van der Waals surface area contributed by atoms with Crippen molar-refractivity contribution < 1.29 is 43.5 Å². The third-order valence-corrected chi connectivity index (χ3v) is 17.5. The molecule has 0 aromatic heterocycles. The predicted octanol–water partition coefficient (Wildman–Crippen LogP) is 4.86. The van der Waals surface area contributed by atoms with Crippen LogP contribution in [-0.4, -0.2) is 96.8 Å². The summed E-state index contributed by atoms with van der Waals surface area (Å²) in [6, 6.07) is 0. The van der Waals surface area contributed by atoms with E-state index in [1.165, 1.54) is 12.2 Å². The second-order valence-electron chi connectivity index (χ2n) is 13.0. The fourth-order valence-corrected chi connectivity index (χ4v) is 6.26. The molecule has 0 unspecified atom stereocenters. The summed E-state index contributed by atoms with van der Waals surface area (Å²) in [7, 11) is -12.7. The van der Waals surface area contributed by atoms with Crippen LogP contribution >= 0.6 is 0 Å². The predicted molar refractivity (Wildman–Crippen MR) is 166 cm³/mol. The van der Waals surface area contributed by atoms with Crippen LogP contribution in [0, 0.1) is 0 Å². The molecule has 0 fully saturated rings. The fraction of sp³-hybridized carbons (Fsp3) is 0.846. The fourth-order valence-electron chi connectivity index (χ4n) is 3.00. The molecular weight excluding hydrogens is 593 g/mol. The topological polar surface area (TPSA) is 124 Å². The molecule has 14 heteroatoms. The van der Waals surface area contributed by atoms with Crippen LogP contribution in [0.3, 0.4) is 0 Å². The van der Waals surface area contributed by atoms with Crippen LogP contribution in [0.15, 0.2) is 25.3 Å². The van der Waals surface area contributed by atoms with Crippen molar-refractivity contribution in [3.63, 3.8) is 0 Å². The number of hydrogen-bond acceptors (Lipinski definition) is 10. The van der Waals surface area contributed by atoms with Gasteiger partial charge in [0.25, 0.3) is 20.2 Å². The van der Waals surface area contributed by atoms with E-state index in [0.29, 0.717) is 0 Å². The summed E-state index contributed by atoms with van der Waals surface area (Å²) in [4.78, 5) is 0. The summed E-state index contributed by atoms with van der Waals surface area (Å²) in [6.07, 6.45) is 0.155. The van der Waals surface area contributed by atoms with Crippen LogP contribution in [0.4, 0.5) is 0 Å². The molecule has 0 rings (SSSR count). The Morgan fingerprint density at radius 3 is 1.12 bits per heavy atom. The normalized spacial score (nSPS) is 17.2. The summed E-state index contributed by atoms with van der Waals surface area (Å²) in [6.45, 7) is 27.5. The molecule has 0 bridgehead atoms. The smallest absolute Gasteiger partial charge is 0.264 e. The molecule has 238 valence electrons. The summed E-state index contributed by atoms with van der Waals surface area (Å²) in [5, 5.41) is -0.338. The Morgan fingerprint density at radius 1 is 0.650 bits per heavy atom. The lowest BCUT2D eigenvalue weighted by molar-refractivity contribution is -0.147. The third-order valence-electron chi connectivity index (χ3n) is 7.30. The Hall–Kier alpha value is -0.426. The van der Waals surface area contributed by atoms with Crippen LogP contribution in [0.2, 0.25) is 36.3 Å². The number of ether oxygens (including phenoxy) is 2. The minimum atomic E-state index is -4.00. The Morgan fingerprint density at radius 2 is 0.925 bits per heavy atom. The Labute approximate surface area is 246 Å². The van der Waals surface area contributed by atoms with Gasteiger partial charge in [0.05, 0.1) is 38.9 Å². The van der Waals surface area contributed by atoms with E-state index in [0.717, 1.165) is 12.5 Å². The first kappa shape index (κ1) is 39.6. The van der Waals surface area contributed by atoms with E-state index < -0.39 is 61.3 Å². The Bertz CT molecular complexity index is 931. The molecule has 0 saturated carbocycles. The summed E-state index contributed by atoms with van der Waals surface area (Å²) in [5.74, 6) is 0. The molecule has 0 aliphatic carbocycles. The van der Waals surface area contributed by atoms with Crippen LogP contribution in [0.1, 0.15) is 41.5 Å². The maximum Gasteiger partial charge on any atom is 0.264 e. The zero-order chi connectivity index (χ0) is 31.8. The molecule has 0 radical (unpaired) electrons. The average molecular weight is 647 g/mol. The van der Waals surface area contributed by atoms with Crippen LogP contribution in [0.25, 0.3) is 0 Å². The first-order chi connectivity index (χ1) is 17.8. The van der Waals surface area contributed by atoms with Crippen molar-refractivity contribution in [2.75, 3.05) is 38.9 Å². The van der Waals surface area contributed by atoms with Gasteiger partial charge < -0.3 is 18.3 Å². The van der Waals surface area contributed by atoms with E-state index in [1.807, 2.05) is 26.2 Å². The molecule has 0 heterocycles. The van der Waals surface area contributed by atoms with E-state index >= 15 is 0 Å². The minimum Gasteiger partial charge on any atom is -0.414 e. The van der Waals surface area contributed by atoms with E-state index in [2.05, 4.69) is 54.7 Å². The maximum atomic E-state index is 12.4. The highest BCUT2D eigenvalue weighted by Crippen LogP contribution is 2.38. The first-order valence-electron chi connectivity index (χ1n) is 13.3. The van der Waals surface area contributed by atoms with Gasteiger partial charge in [0.15, 0.2) is 16.6 Å². The van der Waals surface area contributed by atoms with Crippen molar-refractivity contribution in [3.8, 4) is 0 Å². The Kier molecular flexibility index (Phi) is 15.2. The van der Waals surface area contributed by atoms with Gasteiger partial charge in [0.2, 0.25) is 0 Å². The van der Waals surface area contributed by atoms with Crippen LogP contribution in [-0.2, 0) is 46.9 Å². The third kappa shape index (κ3) is 14.2. The SMILES string of the molecule is C=CCO[C@@H]([C@H](OCC=C)[C@@H](CO[Si](C)(C)C(C)(C)C)OS(C)(=O)=O)[C@@H](CO[Si](C)(C)C(C)(C)C)OS(C)(=O)=O. The van der Waals surface area contributed by atoms with E-state index in [-0.39, 0.29) is 36.5 Å². The molecule has 40 heavy (non-hydrogen) atoms. The van der Waals surface area contributed by atoms with Gasteiger partial charge in [-0.3, -0.25) is 8.37 Å². The molecule has 0 aliphatic rings. The van der Waals surface area contributed by atoms with Crippen molar-refractivity contribution in [2.45, 2.75) is 102 Å². The van der Waals surface area contributed by atoms with Crippen LogP contribution in [0.5, 0.6) is 0 Å². The minimum absolute atomic E-state index is 0.00296. The van der Waals surface area contributed by atoms with Crippen molar-refractivity contribution in [1.29, 1.82) is 0 Å². The average Bonchev–Trinajstić information content (AvgIpc) is 2.73. The summed E-state index contributed by atoms with van der Waals surface area (Å²) < 4.78 is 85.4. The molecule has 0 N–H and O–H groups in total. The molecule has 0 aromatic rings. The van der Waals surface area contributed by atoms with Crippen molar-refractivity contribution >= 4 is 36.9 Å². The van der Waals surface area contributed by atoms with Gasteiger partial charge >= 0.3 is 0 Å². The zero-order valence-corrected chi connectivity index (χ0v) is 30.2. The second kappa shape index (κ2) is 15.3. The van der Waals surface area contributed by atoms with Crippen LogP contribution < -0.4 is 0 Å². The van der Waals surface area contributed by atoms with Gasteiger partial charge in [0, 0.05) is 0 Å². The van der Waals surface area contributed by atoms with Gasteiger partial charge in [-0.2, -0.15) is 16.8 Å². The largest absolute Gasteiger partial charge is 0.414 e. The number of hydrogen-bond donors (Lipinski definition) is 0. The van der Waals surface area contributed by atoms with Gasteiger partial charge in [-0.15, -0.1) is 13.2 Å². The molecule has 10 nitrogen and oxygen atoms in total. The lowest BCUT2D eigenvalue weighted by atomic mass is 10.0. The molecule has 0 saturated heterocycles. The molecule has 0 aromatic carbocycles. The van der Waals surface area contributed by atoms with E-state index in [4.69, 9.17) is 26.7 Å². The lowest BCUT2D eigenvalue weighted by Gasteiger charge is -2.41. The summed E-state index contributed by atoms with van der Waals surface area (Å²) >= 11 is 0. The molecular formula is C26H54O10S2Si2. The highest BCUT2D eigenvalue weighted by atomic mass is 32.2. The lowest BCUT2D eigenvalue weighted by Crippen LogP contribution is -2.55. The molecule has 0 spiro atoms. The second-order valence-corrected chi connectivity index (χ2v) is 25.8. The molecule has 0 aliphatic heterocycles. The van der Waals surface area contributed by atoms with Gasteiger partial charge in [-0.25, -0.2) is 0 Å². The highest BCUT2D eigenvalue weighted by Gasteiger charge is 2.45. The first-order valence-corrected chi connectivity index (χ1v) is 22.7. The van der Waals surface area contributed by atoms with E-state index in [1.54, 1.807) is 0 Å². The molecule has 0 amide bonds. The Balaban J connectivity index is 6.84. The van der Waals surface area contributed by atoms with Gasteiger partial charge in [0.1, 0.15) is 24.4 Å².